The lowest BCUT2D eigenvalue weighted by atomic mass is 10.1. The topological polar surface area (TPSA) is 153 Å². The van der Waals surface area contributed by atoms with Crippen LogP contribution in [-0.2, 0) is 20.0 Å². The molecule has 3 N–H and O–H groups in total. The van der Waals surface area contributed by atoms with Crippen LogP contribution in [0.25, 0.3) is 11.1 Å². The molecule has 1 unspecified atom stereocenters. The fourth-order valence-electron chi connectivity index (χ4n) is 4.40. The molecule has 0 fully saturated rings. The van der Waals surface area contributed by atoms with E-state index in [-0.39, 0.29) is 32.7 Å². The number of rotatable bonds is 7. The van der Waals surface area contributed by atoms with Crippen molar-refractivity contribution in [3.63, 3.8) is 0 Å². The van der Waals surface area contributed by atoms with E-state index in [0.717, 1.165) is 4.31 Å². The molecule has 38 heavy (non-hydrogen) atoms. The number of phenols is 2. The highest BCUT2D eigenvalue weighted by atomic mass is 32.2. The van der Waals surface area contributed by atoms with Crippen molar-refractivity contribution < 1.29 is 27.0 Å². The highest BCUT2D eigenvalue weighted by molar-refractivity contribution is 7.93. The predicted molar refractivity (Wildman–Crippen MR) is 142 cm³/mol. The molecule has 0 bridgehead atoms. The first kappa shape index (κ1) is 25.2. The first-order chi connectivity index (χ1) is 18.0. The van der Waals surface area contributed by atoms with Gasteiger partial charge >= 0.3 is 0 Å². The second-order valence-electron chi connectivity index (χ2n) is 8.65. The Hall–Kier alpha value is -4.42. The number of nitroso groups, excluding NO2 is 1. The maximum Gasteiger partial charge on any atom is 0.264 e. The average Bonchev–Trinajstić information content (AvgIpc) is 3.20. The van der Waals surface area contributed by atoms with Crippen molar-refractivity contribution in [3.8, 4) is 22.6 Å². The Kier molecular flexibility index (Phi) is 6.08. The lowest BCUT2D eigenvalue weighted by molar-refractivity contribution is 0.475. The van der Waals surface area contributed by atoms with E-state index in [2.05, 4.69) is 9.90 Å². The Morgan fingerprint density at radius 3 is 1.95 bits per heavy atom. The normalized spacial score (nSPS) is 14.4. The average molecular weight is 552 g/mol. The van der Waals surface area contributed by atoms with Crippen LogP contribution >= 0.6 is 0 Å². The summed E-state index contributed by atoms with van der Waals surface area (Å²) in [7, 11) is -6.80. The first-order valence-electron chi connectivity index (χ1n) is 11.2. The number of anilines is 2. The van der Waals surface area contributed by atoms with Crippen molar-refractivity contribution in [1.82, 2.24) is 0 Å². The van der Waals surface area contributed by atoms with Gasteiger partial charge in [0.2, 0.25) is 0 Å². The third kappa shape index (κ3) is 4.33. The van der Waals surface area contributed by atoms with Gasteiger partial charge < -0.3 is 10.2 Å². The van der Waals surface area contributed by atoms with Gasteiger partial charge in [-0.15, -0.1) is 4.91 Å². The van der Waals surface area contributed by atoms with Crippen LogP contribution in [0.5, 0.6) is 11.5 Å². The van der Waals surface area contributed by atoms with Crippen LogP contribution in [0.1, 0.15) is 17.2 Å². The van der Waals surface area contributed by atoms with Gasteiger partial charge in [-0.2, -0.15) is 0 Å². The molecule has 10 nitrogen and oxygen atoms in total. The fraction of sp³-hybridized carbons (Fsp3) is 0.0769. The molecule has 1 aliphatic carbocycles. The zero-order chi connectivity index (χ0) is 27.2. The van der Waals surface area contributed by atoms with Crippen LogP contribution in [0, 0.1) is 4.91 Å². The lowest BCUT2D eigenvalue weighted by Gasteiger charge is -2.20. The highest BCUT2D eigenvalue weighted by Gasteiger charge is 2.33. The van der Waals surface area contributed by atoms with Crippen molar-refractivity contribution >= 4 is 31.4 Å². The summed E-state index contributed by atoms with van der Waals surface area (Å²) in [6, 6.07) is 18.8. The molecule has 4 aromatic carbocycles. The third-order valence-electron chi connectivity index (χ3n) is 6.29. The van der Waals surface area contributed by atoms with E-state index in [4.69, 9.17) is 0 Å². The summed E-state index contributed by atoms with van der Waals surface area (Å²) < 4.78 is 56.0. The molecule has 0 heterocycles. The van der Waals surface area contributed by atoms with Gasteiger partial charge in [0.25, 0.3) is 20.0 Å². The monoisotopic (exact) mass is 551 g/mol. The number of hydrogen-bond donors (Lipinski definition) is 3. The maximum absolute atomic E-state index is 13.3. The molecular formula is C26H21N3O7S2. The second-order valence-corrected chi connectivity index (χ2v) is 12.3. The number of benzene rings is 4. The second kappa shape index (κ2) is 9.15. The predicted octanol–water partition coefficient (Wildman–Crippen LogP) is 4.56. The first-order valence-corrected chi connectivity index (χ1v) is 14.1. The quantitative estimate of drug-likeness (QED) is 0.285. The van der Waals surface area contributed by atoms with E-state index >= 15 is 0 Å². The molecule has 0 aromatic heterocycles. The standard InChI is InChI=1S/C26H21N3O7S2/c1-29(17-5-3-7-19(31)13-17)38(35,36)21-9-11-23-22-10-8-20(14-24(22)26(27-32)25(23)15-21)37(33,34)28-16-4-2-6-18(30)12-16/h2-15,26,28,30-31H,1H3. The molecule has 0 aliphatic heterocycles. The number of fused-ring (bicyclic) bond motifs is 3. The molecule has 0 saturated heterocycles. The Morgan fingerprint density at radius 2 is 1.34 bits per heavy atom. The highest BCUT2D eigenvalue weighted by Crippen LogP contribution is 2.47. The zero-order valence-corrected chi connectivity index (χ0v) is 21.4. The summed E-state index contributed by atoms with van der Waals surface area (Å²) in [5.41, 5.74) is 2.18. The van der Waals surface area contributed by atoms with Crippen LogP contribution < -0.4 is 9.03 Å². The summed E-state index contributed by atoms with van der Waals surface area (Å²) in [5, 5.41) is 22.6. The Bertz CT molecular complexity index is 1810. The van der Waals surface area contributed by atoms with E-state index in [1.807, 2.05) is 0 Å². The number of sulfonamides is 2. The van der Waals surface area contributed by atoms with Crippen molar-refractivity contribution in [1.29, 1.82) is 0 Å². The van der Waals surface area contributed by atoms with Crippen molar-refractivity contribution in [2.75, 3.05) is 16.1 Å². The smallest absolute Gasteiger partial charge is 0.264 e. The molecule has 1 atom stereocenters. The SMILES string of the molecule is CN(c1cccc(O)c1)S(=O)(=O)c1ccc2c(c1)C(N=O)c1cc(S(=O)(=O)Nc3cccc(O)c3)ccc1-2. The van der Waals surface area contributed by atoms with E-state index in [1.54, 1.807) is 12.1 Å². The van der Waals surface area contributed by atoms with Gasteiger partial charge in [-0.1, -0.05) is 29.4 Å². The van der Waals surface area contributed by atoms with Crippen LogP contribution in [0.4, 0.5) is 11.4 Å². The van der Waals surface area contributed by atoms with E-state index < -0.39 is 26.1 Å². The van der Waals surface area contributed by atoms with Gasteiger partial charge in [-0.25, -0.2) is 16.8 Å². The molecule has 0 spiro atoms. The van der Waals surface area contributed by atoms with E-state index in [1.165, 1.54) is 79.8 Å². The van der Waals surface area contributed by atoms with Crippen molar-refractivity contribution in [2.24, 2.45) is 5.18 Å². The molecule has 4 aromatic rings. The van der Waals surface area contributed by atoms with Crippen molar-refractivity contribution in [3.05, 3.63) is 101 Å². The van der Waals surface area contributed by atoms with Gasteiger partial charge in [-0.05, 0) is 70.8 Å². The molecule has 0 radical (unpaired) electrons. The molecular weight excluding hydrogens is 530 g/mol. The number of nitrogens with zero attached hydrogens (tertiary/aromatic N) is 2. The summed E-state index contributed by atoms with van der Waals surface area (Å²) in [6.45, 7) is 0. The molecule has 0 saturated carbocycles. The number of hydrogen-bond acceptors (Lipinski definition) is 8. The summed E-state index contributed by atoms with van der Waals surface area (Å²) in [5.74, 6) is -0.205. The summed E-state index contributed by atoms with van der Waals surface area (Å²) >= 11 is 0. The van der Waals surface area contributed by atoms with E-state index in [0.29, 0.717) is 22.3 Å². The van der Waals surface area contributed by atoms with Gasteiger partial charge in [0, 0.05) is 19.2 Å². The molecule has 5 rings (SSSR count). The van der Waals surface area contributed by atoms with E-state index in [9.17, 15) is 32.0 Å². The third-order valence-corrected chi connectivity index (χ3v) is 9.45. The Balaban J connectivity index is 1.51. The minimum atomic E-state index is -4.08. The summed E-state index contributed by atoms with van der Waals surface area (Å²) in [4.78, 5) is 11.7. The lowest BCUT2D eigenvalue weighted by Crippen LogP contribution is -2.26. The van der Waals surface area contributed by atoms with Crippen LogP contribution in [-0.4, -0.2) is 34.1 Å². The number of nitrogens with one attached hydrogen (secondary N) is 1. The summed E-state index contributed by atoms with van der Waals surface area (Å²) in [6.07, 6.45) is 0. The van der Waals surface area contributed by atoms with Crippen LogP contribution in [0.3, 0.4) is 0 Å². The van der Waals surface area contributed by atoms with Gasteiger partial charge in [-0.3, -0.25) is 9.03 Å². The van der Waals surface area contributed by atoms with Gasteiger partial charge in [0.15, 0.2) is 0 Å². The van der Waals surface area contributed by atoms with Gasteiger partial charge in [0.1, 0.15) is 17.5 Å². The molecule has 1 aliphatic rings. The number of aromatic hydroxyl groups is 2. The fourth-order valence-corrected chi connectivity index (χ4v) is 6.71. The maximum atomic E-state index is 13.3. The largest absolute Gasteiger partial charge is 0.508 e. The molecule has 194 valence electrons. The van der Waals surface area contributed by atoms with Crippen LogP contribution in [0.15, 0.2) is 99.9 Å². The van der Waals surface area contributed by atoms with Crippen LogP contribution in [0.2, 0.25) is 0 Å². The van der Waals surface area contributed by atoms with Gasteiger partial charge in [0.05, 0.1) is 21.2 Å². The number of phenolic OH excluding ortho intramolecular Hbond substituents is 2. The molecule has 0 amide bonds. The Morgan fingerprint density at radius 1 is 0.763 bits per heavy atom. The van der Waals surface area contributed by atoms with Crippen molar-refractivity contribution in [2.45, 2.75) is 15.8 Å². The zero-order valence-electron chi connectivity index (χ0n) is 19.8. The Labute approximate surface area is 218 Å². The molecule has 12 heteroatoms. The minimum absolute atomic E-state index is 0.0940. The minimum Gasteiger partial charge on any atom is -0.508 e.